The van der Waals surface area contributed by atoms with Crippen molar-refractivity contribution in [3.8, 4) is 5.69 Å². The van der Waals surface area contributed by atoms with Crippen molar-refractivity contribution in [2.45, 2.75) is 18.5 Å². The number of nitrogens with zero attached hydrogens (tertiary/aromatic N) is 3. The van der Waals surface area contributed by atoms with Crippen LogP contribution in [0.3, 0.4) is 0 Å². The summed E-state index contributed by atoms with van der Waals surface area (Å²) < 4.78 is 2.46. The Balaban J connectivity index is 1.30. The van der Waals surface area contributed by atoms with Gasteiger partial charge in [0.05, 0.1) is 28.6 Å². The molecule has 0 fully saturated rings. The molecule has 0 saturated heterocycles. The number of rotatable bonds is 1. The number of amidine groups is 1. The van der Waals surface area contributed by atoms with Crippen molar-refractivity contribution >= 4 is 45.4 Å². The first kappa shape index (κ1) is 18.7. The van der Waals surface area contributed by atoms with Crippen LogP contribution in [-0.2, 0) is 6.42 Å². The Morgan fingerprint density at radius 2 is 1.64 bits per heavy atom. The average Bonchev–Trinajstić information content (AvgIpc) is 3.55. The van der Waals surface area contributed by atoms with Crippen LogP contribution < -0.4 is 10.2 Å². The van der Waals surface area contributed by atoms with E-state index < -0.39 is 0 Å². The topological polar surface area (TPSA) is 32.6 Å². The second kappa shape index (κ2) is 6.55. The Morgan fingerprint density at radius 1 is 0.806 bits per heavy atom. The molecule has 4 nitrogen and oxygen atoms in total. The van der Waals surface area contributed by atoms with E-state index in [1.807, 2.05) is 0 Å². The number of hydrogen-bond donors (Lipinski definition) is 1. The molecule has 9 rings (SSSR count). The number of nitrogens with one attached hydrogen (secondary N) is 1. The van der Waals surface area contributed by atoms with Gasteiger partial charge in [0.25, 0.3) is 0 Å². The van der Waals surface area contributed by atoms with Crippen molar-refractivity contribution in [1.82, 2.24) is 4.57 Å². The van der Waals surface area contributed by atoms with Crippen molar-refractivity contribution in [3.63, 3.8) is 0 Å². The molecule has 36 heavy (non-hydrogen) atoms. The second-order valence-corrected chi connectivity index (χ2v) is 10.0. The van der Waals surface area contributed by atoms with Crippen LogP contribution in [0.5, 0.6) is 0 Å². The zero-order valence-corrected chi connectivity index (χ0v) is 19.5. The highest BCUT2D eigenvalue weighted by Crippen LogP contribution is 2.56. The van der Waals surface area contributed by atoms with Gasteiger partial charge in [0.2, 0.25) is 0 Å². The van der Waals surface area contributed by atoms with E-state index in [0.717, 1.165) is 23.6 Å². The van der Waals surface area contributed by atoms with Crippen LogP contribution in [0.4, 0.5) is 17.1 Å². The lowest BCUT2D eigenvalue weighted by Crippen LogP contribution is -2.41. The minimum atomic E-state index is 0.0952. The molecule has 5 aromatic rings. The first-order valence-electron chi connectivity index (χ1n) is 12.6. The molecule has 170 valence electrons. The monoisotopic (exact) mass is 462 g/mol. The quantitative estimate of drug-likeness (QED) is 0.287. The van der Waals surface area contributed by atoms with Crippen molar-refractivity contribution in [3.05, 3.63) is 119 Å². The molecule has 0 bridgehead atoms. The molecule has 2 unspecified atom stereocenters. The van der Waals surface area contributed by atoms with E-state index in [4.69, 9.17) is 4.99 Å². The van der Waals surface area contributed by atoms with E-state index in [2.05, 4.69) is 118 Å². The van der Waals surface area contributed by atoms with Crippen LogP contribution in [-0.4, -0.2) is 16.4 Å². The fourth-order valence-corrected chi connectivity index (χ4v) is 6.82. The Kier molecular flexibility index (Phi) is 3.41. The lowest BCUT2D eigenvalue weighted by Gasteiger charge is -2.32. The average molecular weight is 463 g/mol. The first-order chi connectivity index (χ1) is 17.9. The summed E-state index contributed by atoms with van der Waals surface area (Å²) in [5.74, 6) is 1.12. The van der Waals surface area contributed by atoms with Gasteiger partial charge in [0.15, 0.2) is 0 Å². The lowest BCUT2D eigenvalue weighted by atomic mass is 9.88. The third-order valence-electron chi connectivity index (χ3n) is 8.26. The molecule has 0 amide bonds. The standard InChI is InChI=1S/C32H22N4/c1-2-9-19(10-3-1)35-27-16-7-4-11-20(27)23-17-24-21-12-8-13-22-30-32(34-26-15-6-5-14-25(26)33-30)36(31(21)22)29(24)18-28(23)35/h1-17,29-30,33H,18H2. The summed E-state index contributed by atoms with van der Waals surface area (Å²) in [7, 11) is 0. The number of hydrogen-bond acceptors (Lipinski definition) is 3. The minimum Gasteiger partial charge on any atom is -0.370 e. The third-order valence-corrected chi connectivity index (χ3v) is 8.26. The highest BCUT2D eigenvalue weighted by Gasteiger charge is 2.49. The van der Waals surface area contributed by atoms with Gasteiger partial charge >= 0.3 is 0 Å². The van der Waals surface area contributed by atoms with E-state index >= 15 is 0 Å². The van der Waals surface area contributed by atoms with Crippen molar-refractivity contribution < 1.29 is 0 Å². The molecule has 1 aliphatic carbocycles. The SMILES string of the molecule is C1=C2c3cccc4c3N(C3=Nc5ccccc5NC34)C2Cc2c1c1ccccc1n2-c1ccccc1. The Labute approximate surface area is 208 Å². The predicted molar refractivity (Wildman–Crippen MR) is 147 cm³/mol. The van der Waals surface area contributed by atoms with E-state index in [1.165, 1.54) is 50.2 Å². The summed E-state index contributed by atoms with van der Waals surface area (Å²) in [6.45, 7) is 0. The van der Waals surface area contributed by atoms with Gasteiger partial charge in [-0.3, -0.25) is 0 Å². The van der Waals surface area contributed by atoms with E-state index in [0.29, 0.717) is 0 Å². The van der Waals surface area contributed by atoms with Crippen LogP contribution in [0.2, 0.25) is 0 Å². The fraction of sp³-hybridized carbons (Fsp3) is 0.0938. The molecule has 4 heteroatoms. The molecule has 1 aromatic heterocycles. The summed E-state index contributed by atoms with van der Waals surface area (Å²) >= 11 is 0. The van der Waals surface area contributed by atoms with Crippen molar-refractivity contribution in [2.24, 2.45) is 4.99 Å². The van der Waals surface area contributed by atoms with Gasteiger partial charge in [-0.05, 0) is 42.0 Å². The molecule has 0 spiro atoms. The van der Waals surface area contributed by atoms with Gasteiger partial charge in [0.1, 0.15) is 11.9 Å². The van der Waals surface area contributed by atoms with Crippen LogP contribution in [0.25, 0.3) is 28.2 Å². The Bertz CT molecular complexity index is 1810. The van der Waals surface area contributed by atoms with Crippen LogP contribution in [0.15, 0.2) is 102 Å². The molecule has 0 radical (unpaired) electrons. The first-order valence-corrected chi connectivity index (χ1v) is 12.6. The highest BCUT2D eigenvalue weighted by molar-refractivity contribution is 6.20. The molecule has 3 aliphatic heterocycles. The van der Waals surface area contributed by atoms with Crippen LogP contribution in [0.1, 0.15) is 28.4 Å². The number of para-hydroxylation sites is 5. The molecular formula is C32H22N4. The number of anilines is 2. The van der Waals surface area contributed by atoms with E-state index in [1.54, 1.807) is 0 Å². The molecular weight excluding hydrogens is 440 g/mol. The summed E-state index contributed by atoms with van der Waals surface area (Å²) in [4.78, 5) is 7.75. The maximum atomic E-state index is 5.22. The molecule has 2 atom stereocenters. The lowest BCUT2D eigenvalue weighted by molar-refractivity contribution is 0.781. The molecule has 0 saturated carbocycles. The van der Waals surface area contributed by atoms with Gasteiger partial charge in [0, 0.05) is 39.9 Å². The number of fused-ring (bicyclic) bond motifs is 10. The van der Waals surface area contributed by atoms with E-state index in [9.17, 15) is 0 Å². The van der Waals surface area contributed by atoms with Gasteiger partial charge in [-0.1, -0.05) is 66.7 Å². The van der Waals surface area contributed by atoms with Crippen LogP contribution >= 0.6 is 0 Å². The summed E-state index contributed by atoms with van der Waals surface area (Å²) in [5.41, 5.74) is 12.8. The summed E-state index contributed by atoms with van der Waals surface area (Å²) in [6.07, 6.45) is 3.39. The number of aliphatic imine (C=N–C) groups is 1. The molecule has 1 N–H and O–H groups in total. The normalized spacial score (nSPS) is 20.1. The maximum absolute atomic E-state index is 5.22. The fourth-order valence-electron chi connectivity index (χ4n) is 6.82. The largest absolute Gasteiger partial charge is 0.370 e. The molecule has 4 heterocycles. The van der Waals surface area contributed by atoms with E-state index in [-0.39, 0.29) is 12.1 Å². The predicted octanol–water partition coefficient (Wildman–Crippen LogP) is 7.13. The van der Waals surface area contributed by atoms with Crippen molar-refractivity contribution in [1.29, 1.82) is 0 Å². The van der Waals surface area contributed by atoms with Gasteiger partial charge in [-0.2, -0.15) is 0 Å². The zero-order valence-electron chi connectivity index (χ0n) is 19.5. The smallest absolute Gasteiger partial charge is 0.137 e. The highest BCUT2D eigenvalue weighted by atomic mass is 15.3. The summed E-state index contributed by atoms with van der Waals surface area (Å²) in [6, 6.07) is 35.1. The second-order valence-electron chi connectivity index (χ2n) is 10.0. The van der Waals surface area contributed by atoms with Gasteiger partial charge < -0.3 is 14.8 Å². The third kappa shape index (κ3) is 2.22. The minimum absolute atomic E-state index is 0.0952. The Hall–Kier alpha value is -4.57. The maximum Gasteiger partial charge on any atom is 0.137 e. The number of benzene rings is 4. The van der Waals surface area contributed by atoms with Gasteiger partial charge in [-0.15, -0.1) is 0 Å². The van der Waals surface area contributed by atoms with Gasteiger partial charge in [-0.25, -0.2) is 4.99 Å². The van der Waals surface area contributed by atoms with Crippen molar-refractivity contribution in [2.75, 3.05) is 10.2 Å². The Morgan fingerprint density at radius 3 is 2.58 bits per heavy atom. The molecule has 4 aromatic carbocycles. The van der Waals surface area contributed by atoms with Crippen LogP contribution in [0, 0.1) is 0 Å². The molecule has 4 aliphatic rings. The number of aromatic nitrogens is 1. The zero-order chi connectivity index (χ0) is 23.4. The summed E-state index contributed by atoms with van der Waals surface area (Å²) in [5, 5.41) is 5.10.